The van der Waals surface area contributed by atoms with Crippen molar-refractivity contribution in [1.29, 1.82) is 0 Å². The predicted molar refractivity (Wildman–Crippen MR) is 66.8 cm³/mol. The highest BCUT2D eigenvalue weighted by Crippen LogP contribution is 2.57. The summed E-state index contributed by atoms with van der Waals surface area (Å²) in [6.45, 7) is 9.58. The van der Waals surface area contributed by atoms with Crippen molar-refractivity contribution in [3.63, 3.8) is 0 Å². The zero-order valence-corrected chi connectivity index (χ0v) is 10.7. The van der Waals surface area contributed by atoms with E-state index in [9.17, 15) is 0 Å². The van der Waals surface area contributed by atoms with Gasteiger partial charge < -0.3 is 0 Å². The van der Waals surface area contributed by atoms with Crippen LogP contribution in [0.1, 0.15) is 59.8 Å². The first-order chi connectivity index (χ1) is 6.98. The fourth-order valence-corrected chi connectivity index (χ4v) is 3.55. The van der Waals surface area contributed by atoms with Gasteiger partial charge in [-0.3, -0.25) is 0 Å². The maximum Gasteiger partial charge on any atom is -0.000209 e. The van der Waals surface area contributed by atoms with Crippen molar-refractivity contribution in [2.24, 2.45) is 10.8 Å². The first kappa shape index (κ1) is 11.0. The van der Waals surface area contributed by atoms with E-state index in [4.69, 9.17) is 0 Å². The van der Waals surface area contributed by atoms with Gasteiger partial charge in [-0.2, -0.15) is 0 Å². The van der Waals surface area contributed by atoms with Gasteiger partial charge in [0, 0.05) is 0 Å². The Morgan fingerprint density at radius 1 is 1.07 bits per heavy atom. The lowest BCUT2D eigenvalue weighted by molar-refractivity contribution is 0.0750. The van der Waals surface area contributed by atoms with Crippen LogP contribution in [0.25, 0.3) is 0 Å². The van der Waals surface area contributed by atoms with Gasteiger partial charge in [0.15, 0.2) is 0 Å². The summed E-state index contributed by atoms with van der Waals surface area (Å²) in [4.78, 5) is 0. The van der Waals surface area contributed by atoms with Crippen LogP contribution in [-0.2, 0) is 0 Å². The minimum absolute atomic E-state index is 0.477. The van der Waals surface area contributed by atoms with Crippen LogP contribution in [0, 0.1) is 10.8 Å². The van der Waals surface area contributed by atoms with E-state index in [1.807, 2.05) is 0 Å². The van der Waals surface area contributed by atoms with Gasteiger partial charge in [-0.1, -0.05) is 37.1 Å². The molecule has 0 aromatic heterocycles. The molecule has 0 N–H and O–H groups in total. The molecule has 0 bridgehead atoms. The molecule has 2 aliphatic carbocycles. The molecule has 2 rings (SSSR count). The second-order valence-corrected chi connectivity index (χ2v) is 6.15. The summed E-state index contributed by atoms with van der Waals surface area (Å²) in [7, 11) is 0. The molecular formula is C15H24. The van der Waals surface area contributed by atoms with Gasteiger partial charge in [-0.05, 0) is 56.8 Å². The van der Waals surface area contributed by atoms with E-state index >= 15 is 0 Å². The second kappa shape index (κ2) is 3.50. The SMILES string of the molecule is CC1=CC[C@]2(CC1)C(C)=CCCC2(C)C. The molecule has 1 spiro atoms. The summed E-state index contributed by atoms with van der Waals surface area (Å²) in [5.74, 6) is 0. The molecule has 0 aromatic rings. The fraction of sp³-hybridized carbons (Fsp3) is 0.733. The Kier molecular flexibility index (Phi) is 2.56. The molecule has 1 atom stereocenters. The lowest BCUT2D eigenvalue weighted by atomic mass is 9.52. The topological polar surface area (TPSA) is 0 Å². The van der Waals surface area contributed by atoms with Crippen LogP contribution in [0.4, 0.5) is 0 Å². The molecule has 0 aliphatic heterocycles. The van der Waals surface area contributed by atoms with Crippen molar-refractivity contribution in [2.45, 2.75) is 59.8 Å². The van der Waals surface area contributed by atoms with Crippen molar-refractivity contribution >= 4 is 0 Å². The Labute approximate surface area is 94.5 Å². The summed E-state index contributed by atoms with van der Waals surface area (Å²) in [6, 6.07) is 0. The summed E-state index contributed by atoms with van der Waals surface area (Å²) < 4.78 is 0. The van der Waals surface area contributed by atoms with Crippen molar-refractivity contribution in [1.82, 2.24) is 0 Å². The Morgan fingerprint density at radius 2 is 1.80 bits per heavy atom. The van der Waals surface area contributed by atoms with Crippen LogP contribution < -0.4 is 0 Å². The Balaban J connectivity index is 2.39. The smallest absolute Gasteiger partial charge is 0.000209 e. The highest BCUT2D eigenvalue weighted by molar-refractivity contribution is 5.25. The number of hydrogen-bond acceptors (Lipinski definition) is 0. The zero-order valence-electron chi connectivity index (χ0n) is 10.7. The third kappa shape index (κ3) is 1.58. The summed E-state index contributed by atoms with van der Waals surface area (Å²) >= 11 is 0. The lowest BCUT2D eigenvalue weighted by Gasteiger charge is -2.52. The molecule has 84 valence electrons. The molecule has 15 heavy (non-hydrogen) atoms. The van der Waals surface area contributed by atoms with Crippen molar-refractivity contribution < 1.29 is 0 Å². The maximum atomic E-state index is 2.49. The summed E-state index contributed by atoms with van der Waals surface area (Å²) in [5, 5.41) is 0. The minimum atomic E-state index is 0.477. The molecule has 0 fully saturated rings. The first-order valence-electron chi connectivity index (χ1n) is 6.31. The van der Waals surface area contributed by atoms with E-state index in [1.54, 1.807) is 11.1 Å². The van der Waals surface area contributed by atoms with E-state index < -0.39 is 0 Å². The van der Waals surface area contributed by atoms with Gasteiger partial charge in [0.25, 0.3) is 0 Å². The second-order valence-electron chi connectivity index (χ2n) is 6.15. The zero-order chi connectivity index (χ0) is 11.1. The maximum absolute atomic E-state index is 2.49. The number of hydrogen-bond donors (Lipinski definition) is 0. The molecule has 0 nitrogen and oxygen atoms in total. The molecule has 0 saturated carbocycles. The molecular weight excluding hydrogens is 180 g/mol. The fourth-order valence-electron chi connectivity index (χ4n) is 3.55. The quantitative estimate of drug-likeness (QED) is 0.494. The number of rotatable bonds is 0. The summed E-state index contributed by atoms with van der Waals surface area (Å²) in [5.41, 5.74) is 4.21. The summed E-state index contributed by atoms with van der Waals surface area (Å²) in [6.07, 6.45) is 11.5. The Bertz CT molecular complexity index is 317. The van der Waals surface area contributed by atoms with Crippen LogP contribution >= 0.6 is 0 Å². The van der Waals surface area contributed by atoms with E-state index in [0.717, 1.165) is 0 Å². The third-order valence-electron chi connectivity index (χ3n) is 5.02. The largest absolute Gasteiger partial charge is 0.0850 e. The monoisotopic (exact) mass is 204 g/mol. The molecule has 0 radical (unpaired) electrons. The predicted octanol–water partition coefficient (Wildman–Crippen LogP) is 4.87. The van der Waals surface area contributed by atoms with Crippen LogP contribution in [0.3, 0.4) is 0 Å². The van der Waals surface area contributed by atoms with Crippen molar-refractivity contribution in [3.8, 4) is 0 Å². The van der Waals surface area contributed by atoms with Crippen LogP contribution in [0.15, 0.2) is 23.3 Å². The van der Waals surface area contributed by atoms with Crippen LogP contribution in [0.2, 0.25) is 0 Å². The standard InChI is InChI=1S/C15H24/c1-12-7-10-15(11-8-12)13(2)6-5-9-14(15,3)4/h6-7H,5,8-11H2,1-4H3/t15-/m0/s1. The van der Waals surface area contributed by atoms with Gasteiger partial charge >= 0.3 is 0 Å². The molecule has 0 heteroatoms. The highest BCUT2D eigenvalue weighted by atomic mass is 14.5. The van der Waals surface area contributed by atoms with Crippen molar-refractivity contribution in [2.75, 3.05) is 0 Å². The molecule has 0 heterocycles. The molecule has 2 aliphatic rings. The van der Waals surface area contributed by atoms with Crippen LogP contribution in [-0.4, -0.2) is 0 Å². The van der Waals surface area contributed by atoms with E-state index in [-0.39, 0.29) is 0 Å². The first-order valence-corrected chi connectivity index (χ1v) is 6.31. The average molecular weight is 204 g/mol. The van der Waals surface area contributed by atoms with E-state index in [2.05, 4.69) is 39.8 Å². The van der Waals surface area contributed by atoms with Gasteiger partial charge in [0.1, 0.15) is 0 Å². The third-order valence-corrected chi connectivity index (χ3v) is 5.02. The molecule has 0 amide bonds. The highest BCUT2D eigenvalue weighted by Gasteiger charge is 2.47. The van der Waals surface area contributed by atoms with Gasteiger partial charge in [0.2, 0.25) is 0 Å². The van der Waals surface area contributed by atoms with E-state index in [1.165, 1.54) is 32.1 Å². The number of allylic oxidation sites excluding steroid dienone is 4. The molecule has 0 saturated heterocycles. The molecule has 0 aromatic carbocycles. The normalized spacial score (nSPS) is 34.9. The van der Waals surface area contributed by atoms with Gasteiger partial charge in [0.05, 0.1) is 0 Å². The minimum Gasteiger partial charge on any atom is -0.0850 e. The van der Waals surface area contributed by atoms with E-state index in [0.29, 0.717) is 10.8 Å². The van der Waals surface area contributed by atoms with Gasteiger partial charge in [-0.25, -0.2) is 0 Å². The van der Waals surface area contributed by atoms with Crippen LogP contribution in [0.5, 0.6) is 0 Å². The lowest BCUT2D eigenvalue weighted by Crippen LogP contribution is -2.42. The Hall–Kier alpha value is -0.520. The van der Waals surface area contributed by atoms with Gasteiger partial charge in [-0.15, -0.1) is 0 Å². The van der Waals surface area contributed by atoms with Crippen molar-refractivity contribution in [3.05, 3.63) is 23.3 Å². The Morgan fingerprint density at radius 3 is 2.33 bits per heavy atom. The average Bonchev–Trinajstić information content (AvgIpc) is 2.16. The molecule has 0 unspecified atom stereocenters.